The highest BCUT2D eigenvalue weighted by molar-refractivity contribution is 6.31. The number of aromatic nitrogens is 1. The second-order valence-corrected chi connectivity index (χ2v) is 10.1. The predicted molar refractivity (Wildman–Crippen MR) is 129 cm³/mol. The fraction of sp³-hybridized carbons (Fsp3) is 0.423. The number of nitrogens with one attached hydrogen (secondary N) is 1. The lowest BCUT2D eigenvalue weighted by atomic mass is 9.92. The molecular formula is C26H29ClN2O5. The number of carbonyl (C=O) groups is 1. The van der Waals surface area contributed by atoms with Crippen LogP contribution in [0.5, 0.6) is 5.75 Å². The third-order valence-corrected chi connectivity index (χ3v) is 7.06. The molecule has 8 heteroatoms. The molecule has 1 aromatic heterocycles. The zero-order valence-corrected chi connectivity index (χ0v) is 19.8. The molecule has 3 aromatic rings. The molecule has 0 unspecified atom stereocenters. The van der Waals surface area contributed by atoms with Crippen LogP contribution in [0.2, 0.25) is 5.02 Å². The molecule has 0 bridgehead atoms. The lowest BCUT2D eigenvalue weighted by Crippen LogP contribution is -2.41. The molecule has 2 aliphatic rings. The van der Waals surface area contributed by atoms with Crippen molar-refractivity contribution in [2.75, 3.05) is 26.4 Å². The number of amides is 1. The normalized spacial score (nSPS) is 19.5. The van der Waals surface area contributed by atoms with Crippen LogP contribution in [0, 0.1) is 5.41 Å². The molecule has 2 heterocycles. The molecule has 34 heavy (non-hydrogen) atoms. The Morgan fingerprint density at radius 1 is 1.26 bits per heavy atom. The quantitative estimate of drug-likeness (QED) is 0.461. The number of rotatable bonds is 7. The van der Waals surface area contributed by atoms with Gasteiger partial charge in [0.25, 0.3) is 0 Å². The second-order valence-electron chi connectivity index (χ2n) is 9.63. The topological polar surface area (TPSA) is 95.0 Å². The zero-order valence-electron chi connectivity index (χ0n) is 19.1. The number of hydrogen-bond acceptors (Lipinski definition) is 5. The number of aromatic amines is 1. The van der Waals surface area contributed by atoms with E-state index in [4.69, 9.17) is 26.2 Å². The molecular weight excluding hydrogens is 456 g/mol. The summed E-state index contributed by atoms with van der Waals surface area (Å²) in [6.07, 6.45) is 1.63. The minimum absolute atomic E-state index is 0.00339. The van der Waals surface area contributed by atoms with Crippen LogP contribution in [0.1, 0.15) is 42.6 Å². The van der Waals surface area contributed by atoms with Crippen molar-refractivity contribution in [1.82, 2.24) is 9.88 Å². The maximum atomic E-state index is 13.2. The standard InChI is InChI=1S/C26H29ClN2O5/c1-26(9-10-26)15-34-25(32)29-11-8-20-21-12-17(27)4-7-22(21)28-23(20)24(29)16-2-5-19(6-3-16)33-14-18(31)13-30/h2-7,12,18,24,28,30-31H,8-11,13-15H2,1H3/t18-,24+/m1/s1. The van der Waals surface area contributed by atoms with E-state index in [9.17, 15) is 9.90 Å². The molecule has 3 N–H and O–H groups in total. The Morgan fingerprint density at radius 3 is 2.74 bits per heavy atom. The van der Waals surface area contributed by atoms with Crippen LogP contribution < -0.4 is 4.74 Å². The van der Waals surface area contributed by atoms with E-state index in [0.717, 1.165) is 40.6 Å². The Morgan fingerprint density at radius 2 is 2.03 bits per heavy atom. The van der Waals surface area contributed by atoms with Crippen LogP contribution in [0.3, 0.4) is 0 Å². The molecule has 7 nitrogen and oxygen atoms in total. The Kier molecular flexibility index (Phi) is 6.18. The maximum Gasteiger partial charge on any atom is 0.410 e. The third-order valence-electron chi connectivity index (χ3n) is 6.82. The van der Waals surface area contributed by atoms with Crippen molar-refractivity contribution >= 4 is 28.6 Å². The molecule has 1 saturated carbocycles. The lowest BCUT2D eigenvalue weighted by molar-refractivity contribution is 0.0536. The van der Waals surface area contributed by atoms with E-state index < -0.39 is 6.10 Å². The van der Waals surface area contributed by atoms with Gasteiger partial charge in [-0.2, -0.15) is 0 Å². The van der Waals surface area contributed by atoms with Gasteiger partial charge in [-0.25, -0.2) is 4.79 Å². The van der Waals surface area contributed by atoms with E-state index in [2.05, 4.69) is 11.9 Å². The minimum Gasteiger partial charge on any atom is -0.491 e. The van der Waals surface area contributed by atoms with E-state index in [0.29, 0.717) is 30.3 Å². The summed E-state index contributed by atoms with van der Waals surface area (Å²) >= 11 is 6.27. The number of fused-ring (bicyclic) bond motifs is 3. The Bertz CT molecular complexity index is 1190. The van der Waals surface area contributed by atoms with Crippen LogP contribution >= 0.6 is 11.6 Å². The van der Waals surface area contributed by atoms with Crippen molar-refractivity contribution in [1.29, 1.82) is 0 Å². The molecule has 2 aromatic carbocycles. The number of aliphatic hydroxyl groups excluding tert-OH is 2. The van der Waals surface area contributed by atoms with E-state index in [-0.39, 0.29) is 30.8 Å². The summed E-state index contributed by atoms with van der Waals surface area (Å²) in [6, 6.07) is 12.9. The van der Waals surface area contributed by atoms with Gasteiger partial charge in [0.2, 0.25) is 0 Å². The van der Waals surface area contributed by atoms with E-state index in [1.54, 1.807) is 4.90 Å². The monoisotopic (exact) mass is 484 g/mol. The smallest absolute Gasteiger partial charge is 0.410 e. The highest BCUT2D eigenvalue weighted by Gasteiger charge is 2.41. The average molecular weight is 485 g/mol. The maximum absolute atomic E-state index is 13.2. The molecule has 2 atom stereocenters. The third kappa shape index (κ3) is 4.60. The summed E-state index contributed by atoms with van der Waals surface area (Å²) < 4.78 is 11.3. The van der Waals surface area contributed by atoms with Gasteiger partial charge in [-0.1, -0.05) is 30.7 Å². The summed E-state index contributed by atoms with van der Waals surface area (Å²) in [5.74, 6) is 0.575. The van der Waals surface area contributed by atoms with Crippen molar-refractivity contribution in [3.63, 3.8) is 0 Å². The summed E-state index contributed by atoms with van der Waals surface area (Å²) in [6.45, 7) is 2.75. The average Bonchev–Trinajstić information content (AvgIpc) is 3.48. The van der Waals surface area contributed by atoms with E-state index >= 15 is 0 Å². The van der Waals surface area contributed by atoms with Crippen molar-refractivity contribution in [2.24, 2.45) is 5.41 Å². The van der Waals surface area contributed by atoms with E-state index in [1.807, 2.05) is 42.5 Å². The minimum atomic E-state index is -0.933. The number of nitrogens with zero attached hydrogens (tertiary/aromatic N) is 1. The van der Waals surface area contributed by atoms with Crippen LogP contribution in [0.25, 0.3) is 10.9 Å². The number of halogens is 1. The van der Waals surface area contributed by atoms with Gasteiger partial charge in [-0.15, -0.1) is 0 Å². The number of carbonyl (C=O) groups excluding carboxylic acids is 1. The number of ether oxygens (including phenoxy) is 2. The number of hydrogen-bond donors (Lipinski definition) is 3. The highest BCUT2D eigenvalue weighted by Crippen LogP contribution is 2.45. The van der Waals surface area contributed by atoms with Crippen LogP contribution in [0.15, 0.2) is 42.5 Å². The van der Waals surface area contributed by atoms with Gasteiger partial charge in [-0.3, -0.25) is 4.90 Å². The van der Waals surface area contributed by atoms with Crippen molar-refractivity contribution < 1.29 is 24.5 Å². The van der Waals surface area contributed by atoms with Gasteiger partial charge >= 0.3 is 6.09 Å². The first-order valence-corrected chi connectivity index (χ1v) is 12.0. The van der Waals surface area contributed by atoms with Gasteiger partial charge in [0, 0.05) is 33.6 Å². The SMILES string of the molecule is CC1(COC(=O)N2CCc3c([nH]c4ccc(Cl)cc34)[C@@H]2c2ccc(OC[C@H](O)CO)cc2)CC1. The molecule has 1 fully saturated rings. The number of aliphatic hydroxyl groups is 2. The fourth-order valence-corrected chi connectivity index (χ4v) is 4.64. The van der Waals surface area contributed by atoms with Gasteiger partial charge in [0.1, 0.15) is 24.5 Å². The predicted octanol–water partition coefficient (Wildman–Crippen LogP) is 4.44. The van der Waals surface area contributed by atoms with Crippen molar-refractivity contribution in [3.8, 4) is 5.75 Å². The molecule has 0 saturated heterocycles. The molecule has 1 aliphatic heterocycles. The molecule has 0 radical (unpaired) electrons. The molecule has 0 spiro atoms. The van der Waals surface area contributed by atoms with Gasteiger partial charge in [0.05, 0.1) is 13.2 Å². The van der Waals surface area contributed by atoms with E-state index in [1.165, 1.54) is 0 Å². The Hall–Kier alpha value is -2.74. The lowest BCUT2D eigenvalue weighted by Gasteiger charge is -2.35. The van der Waals surface area contributed by atoms with Crippen LogP contribution in [0.4, 0.5) is 4.79 Å². The Balaban J connectivity index is 1.47. The second kappa shape index (κ2) is 9.13. The number of H-pyrrole nitrogens is 1. The van der Waals surface area contributed by atoms with Crippen LogP contribution in [-0.4, -0.2) is 58.7 Å². The largest absolute Gasteiger partial charge is 0.491 e. The fourth-order valence-electron chi connectivity index (χ4n) is 4.47. The summed E-state index contributed by atoms with van der Waals surface area (Å²) in [4.78, 5) is 18.5. The summed E-state index contributed by atoms with van der Waals surface area (Å²) in [7, 11) is 0. The van der Waals surface area contributed by atoms with Gasteiger partial charge in [-0.05, 0) is 60.7 Å². The van der Waals surface area contributed by atoms with Gasteiger partial charge in [0.15, 0.2) is 0 Å². The first-order chi connectivity index (χ1) is 16.4. The highest BCUT2D eigenvalue weighted by atomic mass is 35.5. The zero-order chi connectivity index (χ0) is 23.9. The van der Waals surface area contributed by atoms with Crippen LogP contribution in [-0.2, 0) is 11.2 Å². The first kappa shape index (κ1) is 23.0. The molecule has 1 amide bonds. The summed E-state index contributed by atoms with van der Waals surface area (Å²) in [5, 5.41) is 20.3. The summed E-state index contributed by atoms with van der Waals surface area (Å²) in [5.41, 5.74) is 4.14. The molecule has 5 rings (SSSR count). The van der Waals surface area contributed by atoms with Gasteiger partial charge < -0.3 is 24.7 Å². The number of benzene rings is 2. The molecule has 180 valence electrons. The van der Waals surface area contributed by atoms with Crippen molar-refractivity contribution in [3.05, 3.63) is 64.3 Å². The molecule has 1 aliphatic carbocycles. The van der Waals surface area contributed by atoms with Crippen molar-refractivity contribution in [2.45, 2.75) is 38.3 Å². The first-order valence-electron chi connectivity index (χ1n) is 11.6. The Labute approximate surface area is 203 Å².